The van der Waals surface area contributed by atoms with Crippen molar-refractivity contribution in [2.75, 3.05) is 14.2 Å². The molecule has 2 rings (SSSR count). The Labute approximate surface area is 134 Å². The maximum atomic E-state index is 12.0. The molecule has 1 amide bonds. The van der Waals surface area contributed by atoms with E-state index in [4.69, 9.17) is 4.74 Å². The number of aromatic nitrogens is 1. The second-order valence-electron chi connectivity index (χ2n) is 4.83. The Morgan fingerprint density at radius 3 is 2.74 bits per heavy atom. The molecule has 0 saturated heterocycles. The van der Waals surface area contributed by atoms with E-state index in [0.717, 1.165) is 5.56 Å². The van der Waals surface area contributed by atoms with Crippen molar-refractivity contribution in [3.8, 4) is 5.75 Å². The van der Waals surface area contributed by atoms with Gasteiger partial charge in [-0.15, -0.1) is 0 Å². The van der Waals surface area contributed by atoms with E-state index < -0.39 is 5.97 Å². The maximum Gasteiger partial charge on any atom is 0.337 e. The lowest BCUT2D eigenvalue weighted by atomic mass is 10.1. The largest absolute Gasteiger partial charge is 0.497 e. The highest BCUT2D eigenvalue weighted by molar-refractivity contribution is 5.89. The number of amides is 1. The predicted octanol–water partition coefficient (Wildman–Crippen LogP) is 1.74. The van der Waals surface area contributed by atoms with Crippen molar-refractivity contribution in [3.63, 3.8) is 0 Å². The number of pyridine rings is 1. The van der Waals surface area contributed by atoms with E-state index in [9.17, 15) is 9.59 Å². The van der Waals surface area contributed by atoms with Gasteiger partial charge in [-0.1, -0.05) is 12.1 Å². The minimum absolute atomic E-state index is 0.136. The zero-order chi connectivity index (χ0) is 16.7. The average molecular weight is 314 g/mol. The van der Waals surface area contributed by atoms with Gasteiger partial charge in [-0.25, -0.2) is 4.79 Å². The van der Waals surface area contributed by atoms with Crippen molar-refractivity contribution in [1.29, 1.82) is 0 Å². The van der Waals surface area contributed by atoms with Crippen LogP contribution in [-0.4, -0.2) is 31.1 Å². The van der Waals surface area contributed by atoms with Gasteiger partial charge in [0.2, 0.25) is 5.91 Å². The minimum Gasteiger partial charge on any atom is -0.497 e. The van der Waals surface area contributed by atoms with Crippen LogP contribution in [0.4, 0.5) is 0 Å². The van der Waals surface area contributed by atoms with E-state index in [1.807, 2.05) is 24.3 Å². The first kappa shape index (κ1) is 16.5. The fourth-order valence-corrected chi connectivity index (χ4v) is 2.04. The van der Waals surface area contributed by atoms with Crippen LogP contribution in [0.1, 0.15) is 21.6 Å². The van der Waals surface area contributed by atoms with Gasteiger partial charge in [0.15, 0.2) is 0 Å². The van der Waals surface area contributed by atoms with Crippen molar-refractivity contribution in [2.45, 2.75) is 13.0 Å². The Kier molecular flexibility index (Phi) is 5.68. The second kappa shape index (κ2) is 7.93. The van der Waals surface area contributed by atoms with Crippen LogP contribution < -0.4 is 10.1 Å². The summed E-state index contributed by atoms with van der Waals surface area (Å²) >= 11 is 0. The lowest BCUT2D eigenvalue weighted by Crippen LogP contribution is -2.25. The van der Waals surface area contributed by atoms with Gasteiger partial charge in [-0.2, -0.15) is 0 Å². The molecule has 1 N–H and O–H groups in total. The highest BCUT2D eigenvalue weighted by atomic mass is 16.5. The average Bonchev–Trinajstić information content (AvgIpc) is 2.59. The van der Waals surface area contributed by atoms with Crippen LogP contribution in [0.3, 0.4) is 0 Å². The Morgan fingerprint density at radius 1 is 1.17 bits per heavy atom. The van der Waals surface area contributed by atoms with Gasteiger partial charge in [0, 0.05) is 6.20 Å². The molecule has 0 bridgehead atoms. The molecule has 1 aromatic carbocycles. The van der Waals surface area contributed by atoms with Gasteiger partial charge in [0.25, 0.3) is 0 Å². The third-order valence-corrected chi connectivity index (χ3v) is 3.20. The standard InChI is InChI=1S/C17H18N2O4/c1-22-15-5-3-4-12(8-15)9-16(20)19-11-14-10-13(6-7-18-14)17(21)23-2/h3-8,10H,9,11H2,1-2H3,(H,19,20). The fraction of sp³-hybridized carbons (Fsp3) is 0.235. The molecule has 0 aliphatic rings. The number of esters is 1. The normalized spacial score (nSPS) is 10.0. The first-order chi connectivity index (χ1) is 11.1. The number of nitrogens with one attached hydrogen (secondary N) is 1. The molecule has 120 valence electrons. The summed E-state index contributed by atoms with van der Waals surface area (Å²) in [6, 6.07) is 10.5. The summed E-state index contributed by atoms with van der Waals surface area (Å²) < 4.78 is 9.78. The van der Waals surface area contributed by atoms with Gasteiger partial charge < -0.3 is 14.8 Å². The number of hydrogen-bond acceptors (Lipinski definition) is 5. The molecule has 1 heterocycles. The third kappa shape index (κ3) is 4.81. The molecule has 0 atom stereocenters. The molecule has 2 aromatic rings. The van der Waals surface area contributed by atoms with Crippen molar-refractivity contribution in [2.24, 2.45) is 0 Å². The van der Waals surface area contributed by atoms with Gasteiger partial charge in [-0.05, 0) is 29.8 Å². The number of carbonyl (C=O) groups excluding carboxylic acids is 2. The molecule has 23 heavy (non-hydrogen) atoms. The van der Waals surface area contributed by atoms with Gasteiger partial charge in [-0.3, -0.25) is 9.78 Å². The van der Waals surface area contributed by atoms with Crippen LogP contribution in [0.2, 0.25) is 0 Å². The van der Waals surface area contributed by atoms with Gasteiger partial charge >= 0.3 is 5.97 Å². The molecule has 6 nitrogen and oxygen atoms in total. The topological polar surface area (TPSA) is 77.5 Å². The van der Waals surface area contributed by atoms with E-state index in [2.05, 4.69) is 15.0 Å². The third-order valence-electron chi connectivity index (χ3n) is 3.20. The molecular formula is C17H18N2O4. The monoisotopic (exact) mass is 314 g/mol. The van der Waals surface area contributed by atoms with E-state index >= 15 is 0 Å². The van der Waals surface area contributed by atoms with Crippen LogP contribution in [0.5, 0.6) is 5.75 Å². The molecule has 0 fully saturated rings. The molecule has 0 aliphatic heterocycles. The van der Waals surface area contributed by atoms with Crippen LogP contribution in [0.15, 0.2) is 42.6 Å². The molecule has 0 spiro atoms. The van der Waals surface area contributed by atoms with E-state index in [1.54, 1.807) is 19.2 Å². The van der Waals surface area contributed by atoms with E-state index in [1.165, 1.54) is 13.3 Å². The number of nitrogens with zero attached hydrogens (tertiary/aromatic N) is 1. The smallest absolute Gasteiger partial charge is 0.337 e. The highest BCUT2D eigenvalue weighted by Crippen LogP contribution is 2.13. The first-order valence-corrected chi connectivity index (χ1v) is 7.05. The maximum absolute atomic E-state index is 12.0. The molecule has 6 heteroatoms. The SMILES string of the molecule is COC(=O)c1ccnc(CNC(=O)Cc2cccc(OC)c2)c1. The Balaban J connectivity index is 1.92. The lowest BCUT2D eigenvalue weighted by molar-refractivity contribution is -0.120. The molecular weight excluding hydrogens is 296 g/mol. The molecule has 0 aliphatic carbocycles. The minimum atomic E-state index is -0.434. The van der Waals surface area contributed by atoms with E-state index in [0.29, 0.717) is 17.0 Å². The Morgan fingerprint density at radius 2 is 2.00 bits per heavy atom. The van der Waals surface area contributed by atoms with Crippen LogP contribution in [-0.2, 0) is 22.5 Å². The fourth-order valence-electron chi connectivity index (χ4n) is 2.04. The molecule has 0 saturated carbocycles. The number of rotatable bonds is 6. The van der Waals surface area contributed by atoms with Crippen molar-refractivity contribution >= 4 is 11.9 Å². The number of hydrogen-bond donors (Lipinski definition) is 1. The molecule has 0 radical (unpaired) electrons. The number of carbonyl (C=O) groups is 2. The van der Waals surface area contributed by atoms with Gasteiger partial charge in [0.1, 0.15) is 5.75 Å². The van der Waals surface area contributed by atoms with Gasteiger partial charge in [0.05, 0.1) is 38.4 Å². The van der Waals surface area contributed by atoms with Crippen molar-refractivity contribution in [3.05, 3.63) is 59.4 Å². The summed E-state index contributed by atoms with van der Waals surface area (Å²) in [6.45, 7) is 0.244. The Bertz CT molecular complexity index is 700. The molecule has 1 aromatic heterocycles. The summed E-state index contributed by atoms with van der Waals surface area (Å²) in [5, 5.41) is 2.77. The van der Waals surface area contributed by atoms with Crippen LogP contribution >= 0.6 is 0 Å². The second-order valence-corrected chi connectivity index (χ2v) is 4.83. The van der Waals surface area contributed by atoms with Crippen molar-refractivity contribution in [1.82, 2.24) is 10.3 Å². The summed E-state index contributed by atoms with van der Waals surface area (Å²) in [4.78, 5) is 27.6. The summed E-state index contributed by atoms with van der Waals surface area (Å²) in [6.07, 6.45) is 1.75. The Hall–Kier alpha value is -2.89. The number of methoxy groups -OCH3 is 2. The highest BCUT2D eigenvalue weighted by Gasteiger charge is 2.08. The summed E-state index contributed by atoms with van der Waals surface area (Å²) in [5.74, 6) is 0.141. The quantitative estimate of drug-likeness (QED) is 0.822. The van der Waals surface area contributed by atoms with Crippen molar-refractivity contribution < 1.29 is 19.1 Å². The zero-order valence-corrected chi connectivity index (χ0v) is 13.0. The first-order valence-electron chi connectivity index (χ1n) is 7.05. The zero-order valence-electron chi connectivity index (χ0n) is 13.0. The summed E-state index contributed by atoms with van der Waals surface area (Å²) in [7, 11) is 2.90. The lowest BCUT2D eigenvalue weighted by Gasteiger charge is -2.07. The number of benzene rings is 1. The molecule has 0 unspecified atom stereocenters. The number of ether oxygens (including phenoxy) is 2. The van der Waals surface area contributed by atoms with E-state index in [-0.39, 0.29) is 18.9 Å². The van der Waals surface area contributed by atoms with Crippen LogP contribution in [0.25, 0.3) is 0 Å². The predicted molar refractivity (Wildman–Crippen MR) is 84.1 cm³/mol. The summed E-state index contributed by atoms with van der Waals surface area (Å²) in [5.41, 5.74) is 1.85. The van der Waals surface area contributed by atoms with Crippen LogP contribution in [0, 0.1) is 0 Å².